The summed E-state index contributed by atoms with van der Waals surface area (Å²) in [6, 6.07) is 11.9. The van der Waals surface area contributed by atoms with E-state index in [4.69, 9.17) is 10.5 Å². The van der Waals surface area contributed by atoms with Gasteiger partial charge in [-0.15, -0.1) is 0 Å². The Kier molecular flexibility index (Phi) is 3.67. The fourth-order valence-corrected chi connectivity index (χ4v) is 1.65. The average molecular weight is 246 g/mol. The van der Waals surface area contributed by atoms with Crippen LogP contribution < -0.4 is 15.8 Å². The van der Waals surface area contributed by atoms with Gasteiger partial charge in [0.2, 0.25) is 0 Å². The van der Waals surface area contributed by atoms with Crippen molar-refractivity contribution in [1.82, 2.24) is 0 Å². The normalized spacial score (nSPS) is 10.1. The Hall–Kier alpha value is -2.23. The van der Waals surface area contributed by atoms with E-state index in [1.54, 1.807) is 13.2 Å². The number of rotatable bonds is 4. The van der Waals surface area contributed by atoms with Gasteiger partial charge in [-0.1, -0.05) is 12.1 Å². The molecule has 0 heterocycles. The molecular formula is C14H15FN2O. The zero-order valence-electron chi connectivity index (χ0n) is 10.1. The molecule has 3 N–H and O–H groups in total. The second-order valence-corrected chi connectivity index (χ2v) is 3.94. The molecule has 3 nitrogen and oxygen atoms in total. The number of anilines is 2. The van der Waals surface area contributed by atoms with Crippen molar-refractivity contribution in [3.63, 3.8) is 0 Å². The number of hydrogen-bond acceptors (Lipinski definition) is 3. The minimum atomic E-state index is -0.296. The number of hydrogen-bond donors (Lipinski definition) is 2. The van der Waals surface area contributed by atoms with E-state index in [1.165, 1.54) is 12.1 Å². The predicted molar refractivity (Wildman–Crippen MR) is 71.1 cm³/mol. The monoisotopic (exact) mass is 246 g/mol. The Morgan fingerprint density at radius 3 is 2.56 bits per heavy atom. The van der Waals surface area contributed by atoms with E-state index in [-0.39, 0.29) is 5.82 Å². The summed E-state index contributed by atoms with van der Waals surface area (Å²) in [5, 5.41) is 3.13. The number of nitrogens with two attached hydrogens (primary N) is 1. The molecule has 0 saturated heterocycles. The third-order valence-corrected chi connectivity index (χ3v) is 2.62. The third-order valence-electron chi connectivity index (χ3n) is 2.62. The zero-order valence-corrected chi connectivity index (χ0v) is 10.1. The lowest BCUT2D eigenvalue weighted by atomic mass is 10.2. The smallest absolute Gasteiger partial charge is 0.142 e. The van der Waals surface area contributed by atoms with Gasteiger partial charge in [-0.3, -0.25) is 0 Å². The van der Waals surface area contributed by atoms with Gasteiger partial charge < -0.3 is 15.8 Å². The largest absolute Gasteiger partial charge is 0.495 e. The van der Waals surface area contributed by atoms with Gasteiger partial charge in [0.25, 0.3) is 0 Å². The maximum absolute atomic E-state index is 13.2. The van der Waals surface area contributed by atoms with Crippen LogP contribution in [0.3, 0.4) is 0 Å². The van der Waals surface area contributed by atoms with E-state index >= 15 is 0 Å². The van der Waals surface area contributed by atoms with E-state index in [9.17, 15) is 4.39 Å². The second-order valence-electron chi connectivity index (χ2n) is 3.94. The lowest BCUT2D eigenvalue weighted by Crippen LogP contribution is -2.02. The lowest BCUT2D eigenvalue weighted by Gasteiger charge is -2.11. The molecule has 2 rings (SSSR count). The van der Waals surface area contributed by atoms with Gasteiger partial charge >= 0.3 is 0 Å². The molecule has 0 saturated carbocycles. The maximum atomic E-state index is 13.2. The molecule has 94 valence electrons. The summed E-state index contributed by atoms with van der Waals surface area (Å²) < 4.78 is 18.3. The highest BCUT2D eigenvalue weighted by Crippen LogP contribution is 2.25. The van der Waals surface area contributed by atoms with Crippen molar-refractivity contribution in [2.75, 3.05) is 18.2 Å². The first-order valence-electron chi connectivity index (χ1n) is 5.61. The summed E-state index contributed by atoms with van der Waals surface area (Å²) in [7, 11) is 1.56. The van der Waals surface area contributed by atoms with Crippen LogP contribution in [0, 0.1) is 5.82 Å². The molecule has 0 amide bonds. The standard InChI is InChI=1S/C14H15FN2O/c1-18-14-7-4-11(15)8-13(14)17-9-10-2-5-12(16)6-3-10/h2-8,17H,9,16H2,1H3. The Labute approximate surface area is 105 Å². The maximum Gasteiger partial charge on any atom is 0.142 e. The minimum absolute atomic E-state index is 0.296. The molecule has 0 aliphatic carbocycles. The van der Waals surface area contributed by atoms with Crippen LogP contribution >= 0.6 is 0 Å². The van der Waals surface area contributed by atoms with Crippen molar-refractivity contribution < 1.29 is 9.13 Å². The first-order valence-corrected chi connectivity index (χ1v) is 5.61. The lowest BCUT2D eigenvalue weighted by molar-refractivity contribution is 0.415. The minimum Gasteiger partial charge on any atom is -0.495 e. The predicted octanol–water partition coefficient (Wildman–Crippen LogP) is 3.03. The summed E-state index contributed by atoms with van der Waals surface area (Å²) >= 11 is 0. The van der Waals surface area contributed by atoms with Crippen molar-refractivity contribution >= 4 is 11.4 Å². The molecule has 4 heteroatoms. The van der Waals surface area contributed by atoms with Crippen LogP contribution in [-0.4, -0.2) is 7.11 Å². The molecule has 0 spiro atoms. The van der Waals surface area contributed by atoms with Crippen LogP contribution in [0.25, 0.3) is 0 Å². The fraction of sp³-hybridized carbons (Fsp3) is 0.143. The zero-order chi connectivity index (χ0) is 13.0. The molecule has 0 aliphatic rings. The fourth-order valence-electron chi connectivity index (χ4n) is 1.65. The molecule has 0 unspecified atom stereocenters. The summed E-state index contributed by atoms with van der Waals surface area (Å²) in [5.74, 6) is 0.322. The molecule has 2 aromatic carbocycles. The summed E-state index contributed by atoms with van der Waals surface area (Å²) in [6.07, 6.45) is 0. The van der Waals surface area contributed by atoms with Crippen LogP contribution in [0.1, 0.15) is 5.56 Å². The highest BCUT2D eigenvalue weighted by Gasteiger charge is 2.04. The number of halogens is 1. The SMILES string of the molecule is COc1ccc(F)cc1NCc1ccc(N)cc1. The van der Waals surface area contributed by atoms with Gasteiger partial charge in [-0.05, 0) is 29.8 Å². The number of ether oxygens (including phenoxy) is 1. The van der Waals surface area contributed by atoms with Crippen LogP contribution in [-0.2, 0) is 6.54 Å². The van der Waals surface area contributed by atoms with Gasteiger partial charge in [-0.2, -0.15) is 0 Å². The van der Waals surface area contributed by atoms with Crippen LogP contribution in [0.2, 0.25) is 0 Å². The molecule has 0 fully saturated rings. The van der Waals surface area contributed by atoms with E-state index in [0.29, 0.717) is 18.0 Å². The van der Waals surface area contributed by atoms with E-state index in [2.05, 4.69) is 5.32 Å². The summed E-state index contributed by atoms with van der Waals surface area (Å²) in [5.41, 5.74) is 8.03. The molecule has 0 aromatic heterocycles. The highest BCUT2D eigenvalue weighted by molar-refractivity contribution is 5.56. The average Bonchev–Trinajstić information content (AvgIpc) is 2.38. The molecule has 0 bridgehead atoms. The number of nitrogens with one attached hydrogen (secondary N) is 1. The first-order chi connectivity index (χ1) is 8.69. The quantitative estimate of drug-likeness (QED) is 0.815. The van der Waals surface area contributed by atoms with Gasteiger partial charge in [0.15, 0.2) is 0 Å². The number of methoxy groups -OCH3 is 1. The van der Waals surface area contributed by atoms with Gasteiger partial charge in [0, 0.05) is 18.3 Å². The molecule has 2 aromatic rings. The summed E-state index contributed by atoms with van der Waals surface area (Å²) in [4.78, 5) is 0. The van der Waals surface area contributed by atoms with E-state index < -0.39 is 0 Å². The second kappa shape index (κ2) is 5.40. The van der Waals surface area contributed by atoms with Gasteiger partial charge in [0.1, 0.15) is 11.6 Å². The van der Waals surface area contributed by atoms with Crippen LogP contribution in [0.5, 0.6) is 5.75 Å². The molecule has 18 heavy (non-hydrogen) atoms. The topological polar surface area (TPSA) is 47.3 Å². The Morgan fingerprint density at radius 2 is 1.89 bits per heavy atom. The van der Waals surface area contributed by atoms with Crippen molar-refractivity contribution in [2.45, 2.75) is 6.54 Å². The Bertz CT molecular complexity index is 526. The molecule has 0 aliphatic heterocycles. The van der Waals surface area contributed by atoms with Crippen molar-refractivity contribution in [3.05, 3.63) is 53.8 Å². The highest BCUT2D eigenvalue weighted by atomic mass is 19.1. The van der Waals surface area contributed by atoms with Crippen LogP contribution in [0.4, 0.5) is 15.8 Å². The third kappa shape index (κ3) is 2.91. The molecular weight excluding hydrogens is 231 g/mol. The van der Waals surface area contributed by atoms with Crippen LogP contribution in [0.15, 0.2) is 42.5 Å². The van der Waals surface area contributed by atoms with Crippen molar-refractivity contribution in [1.29, 1.82) is 0 Å². The van der Waals surface area contributed by atoms with Crippen molar-refractivity contribution in [3.8, 4) is 5.75 Å². The Morgan fingerprint density at radius 1 is 1.17 bits per heavy atom. The summed E-state index contributed by atoms with van der Waals surface area (Å²) in [6.45, 7) is 0.583. The van der Waals surface area contributed by atoms with E-state index in [1.807, 2.05) is 24.3 Å². The van der Waals surface area contributed by atoms with Gasteiger partial charge in [-0.25, -0.2) is 4.39 Å². The first kappa shape index (κ1) is 12.2. The number of benzene rings is 2. The Balaban J connectivity index is 2.09. The molecule has 0 atom stereocenters. The van der Waals surface area contributed by atoms with Crippen molar-refractivity contribution in [2.24, 2.45) is 0 Å². The van der Waals surface area contributed by atoms with E-state index in [0.717, 1.165) is 11.3 Å². The molecule has 0 radical (unpaired) electrons. The number of nitrogen functional groups attached to an aromatic ring is 1. The van der Waals surface area contributed by atoms with Gasteiger partial charge in [0.05, 0.1) is 12.8 Å².